The number of rotatable bonds is 1. The lowest BCUT2D eigenvalue weighted by molar-refractivity contribution is 0.650. The second-order valence-corrected chi connectivity index (χ2v) is 5.33. The molecular weight excluding hydrogens is 224 g/mol. The fraction of sp³-hybridized carbons (Fsp3) is 0.714. The van der Waals surface area contributed by atoms with Crippen LogP contribution < -0.4 is 10.2 Å². The third-order valence-electron chi connectivity index (χ3n) is 4.00. The molecule has 2 heterocycles. The molecule has 3 rings (SSSR count). The van der Waals surface area contributed by atoms with Crippen molar-refractivity contribution < 1.29 is 0 Å². The van der Waals surface area contributed by atoms with Gasteiger partial charge in [-0.1, -0.05) is 0 Å². The topological polar surface area (TPSA) is 41.1 Å². The third-order valence-corrected chi connectivity index (χ3v) is 4.00. The van der Waals surface area contributed by atoms with Crippen LogP contribution >= 0.6 is 0 Å². The van der Waals surface area contributed by atoms with E-state index in [0.29, 0.717) is 0 Å². The zero-order chi connectivity index (χ0) is 12.4. The van der Waals surface area contributed by atoms with E-state index in [1.807, 2.05) is 0 Å². The Morgan fingerprint density at radius 2 is 1.89 bits per heavy atom. The predicted molar refractivity (Wildman–Crippen MR) is 73.1 cm³/mol. The largest absolute Gasteiger partial charge is 0.339 e. The second-order valence-electron chi connectivity index (χ2n) is 5.33. The molecule has 1 aromatic heterocycles. The molecule has 1 aromatic rings. The molecule has 0 aromatic carbocycles. The molecule has 1 N–H and O–H groups in total. The Morgan fingerprint density at radius 3 is 2.83 bits per heavy atom. The highest BCUT2D eigenvalue weighted by Gasteiger charge is 2.18. The lowest BCUT2D eigenvalue weighted by atomic mass is 9.95. The van der Waals surface area contributed by atoms with Gasteiger partial charge in [0, 0.05) is 31.0 Å². The minimum absolute atomic E-state index is 0.955. The summed E-state index contributed by atoms with van der Waals surface area (Å²) in [6, 6.07) is 0. The highest BCUT2D eigenvalue weighted by molar-refractivity contribution is 5.38. The Balaban J connectivity index is 1.89. The molecule has 1 fully saturated rings. The van der Waals surface area contributed by atoms with Gasteiger partial charge in [-0.2, -0.15) is 0 Å². The van der Waals surface area contributed by atoms with Crippen LogP contribution in [0.5, 0.6) is 0 Å². The van der Waals surface area contributed by atoms with Crippen LogP contribution in [0.15, 0.2) is 0 Å². The Kier molecular flexibility index (Phi) is 3.46. The molecule has 1 aliphatic carbocycles. The zero-order valence-corrected chi connectivity index (χ0v) is 11.2. The third kappa shape index (κ3) is 2.34. The molecule has 0 saturated carbocycles. The number of aromatic nitrogens is 2. The van der Waals surface area contributed by atoms with E-state index in [4.69, 9.17) is 9.97 Å². The number of anilines is 1. The van der Waals surface area contributed by atoms with Gasteiger partial charge in [-0.05, 0) is 51.1 Å². The lowest BCUT2D eigenvalue weighted by Crippen LogP contribution is -2.30. The summed E-state index contributed by atoms with van der Waals surface area (Å²) < 4.78 is 0. The van der Waals surface area contributed by atoms with Crippen molar-refractivity contribution in [2.45, 2.75) is 39.0 Å². The number of hydrogen-bond acceptors (Lipinski definition) is 4. The van der Waals surface area contributed by atoms with Crippen LogP contribution in [0.3, 0.4) is 0 Å². The molecule has 0 amide bonds. The van der Waals surface area contributed by atoms with Crippen molar-refractivity contribution in [1.29, 1.82) is 0 Å². The number of nitrogens with zero attached hydrogens (tertiary/aromatic N) is 3. The van der Waals surface area contributed by atoms with Crippen LogP contribution in [-0.4, -0.2) is 36.1 Å². The standard InChI is InChI=1S/C14H22N4/c1-11-12-5-2-3-6-13(12)17-14(16-11)18-9-4-7-15-8-10-18/h15H,2-10H2,1H3. The van der Waals surface area contributed by atoms with Gasteiger partial charge in [0.1, 0.15) is 0 Å². The van der Waals surface area contributed by atoms with E-state index in [0.717, 1.165) is 38.5 Å². The highest BCUT2D eigenvalue weighted by atomic mass is 15.3. The van der Waals surface area contributed by atoms with Gasteiger partial charge in [-0.15, -0.1) is 0 Å². The van der Waals surface area contributed by atoms with Crippen molar-refractivity contribution in [2.75, 3.05) is 31.1 Å². The second kappa shape index (κ2) is 5.22. The molecule has 4 nitrogen and oxygen atoms in total. The molecule has 18 heavy (non-hydrogen) atoms. The Hall–Kier alpha value is -1.16. The van der Waals surface area contributed by atoms with Gasteiger partial charge in [-0.25, -0.2) is 9.97 Å². The molecule has 4 heteroatoms. The smallest absolute Gasteiger partial charge is 0.225 e. The van der Waals surface area contributed by atoms with Gasteiger partial charge in [-0.3, -0.25) is 0 Å². The monoisotopic (exact) mass is 246 g/mol. The van der Waals surface area contributed by atoms with Crippen molar-refractivity contribution in [3.63, 3.8) is 0 Å². The van der Waals surface area contributed by atoms with E-state index < -0.39 is 0 Å². The van der Waals surface area contributed by atoms with Crippen molar-refractivity contribution in [2.24, 2.45) is 0 Å². The van der Waals surface area contributed by atoms with Crippen LogP contribution in [0.1, 0.15) is 36.2 Å². The van der Waals surface area contributed by atoms with Crippen molar-refractivity contribution in [1.82, 2.24) is 15.3 Å². The summed E-state index contributed by atoms with van der Waals surface area (Å²) in [5, 5.41) is 3.43. The van der Waals surface area contributed by atoms with E-state index in [1.54, 1.807) is 0 Å². The Morgan fingerprint density at radius 1 is 1.00 bits per heavy atom. The predicted octanol–water partition coefficient (Wildman–Crippen LogP) is 1.46. The maximum atomic E-state index is 4.83. The molecule has 0 bridgehead atoms. The number of aryl methyl sites for hydroxylation is 2. The van der Waals surface area contributed by atoms with E-state index >= 15 is 0 Å². The summed E-state index contributed by atoms with van der Waals surface area (Å²) >= 11 is 0. The molecule has 0 radical (unpaired) electrons. The van der Waals surface area contributed by atoms with Gasteiger partial charge in [0.15, 0.2) is 0 Å². The summed E-state index contributed by atoms with van der Waals surface area (Å²) in [6.07, 6.45) is 6.06. The zero-order valence-electron chi connectivity index (χ0n) is 11.2. The van der Waals surface area contributed by atoms with Crippen molar-refractivity contribution in [3.8, 4) is 0 Å². The first-order valence-corrected chi connectivity index (χ1v) is 7.16. The van der Waals surface area contributed by atoms with Gasteiger partial charge in [0.05, 0.1) is 0 Å². The number of fused-ring (bicyclic) bond motifs is 1. The van der Waals surface area contributed by atoms with E-state index in [1.165, 1.54) is 42.6 Å². The van der Waals surface area contributed by atoms with E-state index in [9.17, 15) is 0 Å². The molecule has 2 aliphatic rings. The van der Waals surface area contributed by atoms with Crippen LogP contribution in [0.25, 0.3) is 0 Å². The maximum absolute atomic E-state index is 4.83. The number of nitrogens with one attached hydrogen (secondary N) is 1. The Labute approximate surface area is 109 Å². The molecule has 0 spiro atoms. The fourth-order valence-corrected chi connectivity index (χ4v) is 2.95. The molecule has 1 saturated heterocycles. The Bertz CT molecular complexity index is 422. The average Bonchev–Trinajstić information content (AvgIpc) is 2.67. The van der Waals surface area contributed by atoms with Gasteiger partial charge >= 0.3 is 0 Å². The first kappa shape index (κ1) is 11.9. The van der Waals surface area contributed by atoms with E-state index in [2.05, 4.69) is 17.1 Å². The van der Waals surface area contributed by atoms with Crippen LogP contribution in [-0.2, 0) is 12.8 Å². The quantitative estimate of drug-likeness (QED) is 0.814. The maximum Gasteiger partial charge on any atom is 0.225 e. The minimum atomic E-state index is 0.955. The lowest BCUT2D eigenvalue weighted by Gasteiger charge is -2.24. The van der Waals surface area contributed by atoms with Crippen molar-refractivity contribution in [3.05, 3.63) is 17.0 Å². The molecule has 0 atom stereocenters. The van der Waals surface area contributed by atoms with Crippen LogP contribution in [0.4, 0.5) is 5.95 Å². The number of hydrogen-bond donors (Lipinski definition) is 1. The van der Waals surface area contributed by atoms with Crippen molar-refractivity contribution >= 4 is 5.95 Å². The molecule has 0 unspecified atom stereocenters. The average molecular weight is 246 g/mol. The summed E-state index contributed by atoms with van der Waals surface area (Å²) in [7, 11) is 0. The SMILES string of the molecule is Cc1nc(N2CCCNCC2)nc2c1CCCC2. The summed E-state index contributed by atoms with van der Waals surface area (Å²) in [5.41, 5.74) is 3.92. The minimum Gasteiger partial charge on any atom is -0.339 e. The van der Waals surface area contributed by atoms with Crippen LogP contribution in [0.2, 0.25) is 0 Å². The first-order valence-electron chi connectivity index (χ1n) is 7.16. The summed E-state index contributed by atoms with van der Waals surface area (Å²) in [5.74, 6) is 0.955. The molecular formula is C14H22N4. The molecule has 1 aliphatic heterocycles. The normalized spacial score (nSPS) is 20.4. The molecule has 98 valence electrons. The van der Waals surface area contributed by atoms with Gasteiger partial charge < -0.3 is 10.2 Å². The summed E-state index contributed by atoms with van der Waals surface area (Å²) in [6.45, 7) is 6.40. The van der Waals surface area contributed by atoms with Gasteiger partial charge in [0.25, 0.3) is 0 Å². The van der Waals surface area contributed by atoms with E-state index in [-0.39, 0.29) is 0 Å². The highest BCUT2D eigenvalue weighted by Crippen LogP contribution is 2.24. The fourth-order valence-electron chi connectivity index (χ4n) is 2.95. The first-order chi connectivity index (χ1) is 8.84. The summed E-state index contributed by atoms with van der Waals surface area (Å²) in [4.78, 5) is 11.9. The van der Waals surface area contributed by atoms with Crippen LogP contribution in [0, 0.1) is 6.92 Å². The van der Waals surface area contributed by atoms with Gasteiger partial charge in [0.2, 0.25) is 5.95 Å².